The number of hydrogen-bond donors (Lipinski definition) is 0. The summed E-state index contributed by atoms with van der Waals surface area (Å²) in [6, 6.07) is 9.22. The average Bonchev–Trinajstić information content (AvgIpc) is 3.93. The van der Waals surface area contributed by atoms with Crippen LogP contribution in [0.4, 0.5) is 27.6 Å². The minimum atomic E-state index is -4.71. The first-order valence-electron chi connectivity index (χ1n) is 16.6. The lowest BCUT2D eigenvalue weighted by Crippen LogP contribution is -2.36. The molecule has 0 spiro atoms. The van der Waals surface area contributed by atoms with Crippen molar-refractivity contribution in [2.24, 2.45) is 5.92 Å². The number of rotatable bonds is 15. The van der Waals surface area contributed by atoms with Gasteiger partial charge in [0.25, 0.3) is 11.8 Å². The van der Waals surface area contributed by atoms with Crippen molar-refractivity contribution >= 4 is 56.7 Å². The number of hydrogen-bond acceptors (Lipinski definition) is 10. The van der Waals surface area contributed by atoms with Crippen LogP contribution < -0.4 is 13.8 Å². The molecule has 2 amide bonds. The van der Waals surface area contributed by atoms with Crippen molar-refractivity contribution in [3.05, 3.63) is 111 Å². The Hall–Kier alpha value is -5.07. The first kappa shape index (κ1) is 40.6. The number of amides is 2. The van der Waals surface area contributed by atoms with Gasteiger partial charge in [0, 0.05) is 25.0 Å². The second-order valence-corrected chi connectivity index (χ2v) is 15.6. The van der Waals surface area contributed by atoms with Crippen LogP contribution in [0.1, 0.15) is 62.0 Å². The zero-order valence-corrected chi connectivity index (χ0v) is 31.3. The van der Waals surface area contributed by atoms with E-state index in [1.54, 1.807) is 0 Å². The van der Waals surface area contributed by atoms with Gasteiger partial charge in [0.1, 0.15) is 18.3 Å². The number of imide groups is 1. The normalized spacial score (nSPS) is 14.8. The Morgan fingerprint density at radius 2 is 1.66 bits per heavy atom. The minimum absolute atomic E-state index is 0.0449. The summed E-state index contributed by atoms with van der Waals surface area (Å²) < 4.78 is 108. The van der Waals surface area contributed by atoms with Gasteiger partial charge in [-0.1, -0.05) is 35.3 Å². The van der Waals surface area contributed by atoms with Crippen LogP contribution in [0.2, 0.25) is 10.0 Å². The number of carbonyl (C=O) groups excluding carboxylic acids is 3. The largest absolute Gasteiger partial charge is 0.489 e. The number of alkyl halides is 5. The number of aromatic nitrogens is 2. The fraction of sp³-hybridized carbons (Fsp3) is 0.306. The van der Waals surface area contributed by atoms with Crippen molar-refractivity contribution in [2.75, 3.05) is 23.7 Å². The molecular weight excluding hydrogens is 814 g/mol. The smallest absolute Gasteiger partial charge is 0.433 e. The van der Waals surface area contributed by atoms with Gasteiger partial charge in [-0.25, -0.2) is 8.42 Å². The molecule has 2 aromatic carbocycles. The van der Waals surface area contributed by atoms with Gasteiger partial charge in [-0.05, 0) is 71.8 Å². The van der Waals surface area contributed by atoms with Crippen molar-refractivity contribution in [3.8, 4) is 11.5 Å². The van der Waals surface area contributed by atoms with E-state index in [1.807, 2.05) is 0 Å². The van der Waals surface area contributed by atoms with Crippen LogP contribution in [0.15, 0.2) is 67.1 Å². The zero-order chi connectivity index (χ0) is 40.5. The molecule has 2 aliphatic rings. The van der Waals surface area contributed by atoms with Gasteiger partial charge in [-0.2, -0.15) is 22.0 Å². The topological polar surface area (TPSA) is 145 Å². The summed E-state index contributed by atoms with van der Waals surface area (Å²) in [5.41, 5.74) is -1.03. The summed E-state index contributed by atoms with van der Waals surface area (Å²) in [5.74, 6) is -3.00. The van der Waals surface area contributed by atoms with E-state index >= 15 is 0 Å². The number of fused-ring (bicyclic) bond motifs is 1. The molecule has 20 heteroatoms. The van der Waals surface area contributed by atoms with E-state index in [4.69, 9.17) is 32.7 Å². The number of carbonyl (C=O) groups is 3. The van der Waals surface area contributed by atoms with Gasteiger partial charge >= 0.3 is 18.8 Å². The molecule has 0 saturated heterocycles. The molecule has 1 aliphatic heterocycles. The Bertz CT molecular complexity index is 2260. The number of anilines is 1. The van der Waals surface area contributed by atoms with Gasteiger partial charge in [0.05, 0.1) is 46.3 Å². The highest BCUT2D eigenvalue weighted by atomic mass is 35.5. The summed E-state index contributed by atoms with van der Waals surface area (Å²) in [6.07, 6.45) is 0.0329. The summed E-state index contributed by atoms with van der Waals surface area (Å²) in [7, 11) is -4.10. The Morgan fingerprint density at radius 3 is 2.27 bits per heavy atom. The van der Waals surface area contributed by atoms with Crippen molar-refractivity contribution in [2.45, 2.75) is 44.7 Å². The van der Waals surface area contributed by atoms with Crippen LogP contribution in [0, 0.1) is 5.92 Å². The molecule has 2 aromatic heterocycles. The first-order valence-corrected chi connectivity index (χ1v) is 19.2. The second-order valence-electron chi connectivity index (χ2n) is 12.8. The third-order valence-corrected chi connectivity index (χ3v) is 10.5. The number of pyridine rings is 2. The number of ether oxygens (including phenoxy) is 3. The SMILES string of the molecule is CS(=O)(=O)N(Cc1ccc(C(F)(F)F)nc1)c1ccc2c(c1)C(=O)N(CC(=O)O[C@@H](Cc1c(Cl)cncc1Cl)c1ccc(OC(F)F)c(OCC3CC3)c1)C2=O. The maximum absolute atomic E-state index is 13.6. The Kier molecular flexibility index (Phi) is 11.7. The Morgan fingerprint density at radius 1 is 0.964 bits per heavy atom. The van der Waals surface area contributed by atoms with Crippen molar-refractivity contribution in [1.82, 2.24) is 14.9 Å². The number of halogens is 7. The highest BCUT2D eigenvalue weighted by Crippen LogP contribution is 2.38. The van der Waals surface area contributed by atoms with Gasteiger partial charge in [-0.15, -0.1) is 0 Å². The third kappa shape index (κ3) is 9.47. The van der Waals surface area contributed by atoms with Gasteiger partial charge in [-0.3, -0.25) is 33.6 Å². The van der Waals surface area contributed by atoms with Crippen LogP contribution in [0.25, 0.3) is 0 Å². The molecule has 56 heavy (non-hydrogen) atoms. The summed E-state index contributed by atoms with van der Waals surface area (Å²) in [5, 5.41) is 0.241. The lowest BCUT2D eigenvalue weighted by molar-refractivity contribution is -0.149. The van der Waals surface area contributed by atoms with E-state index in [1.165, 1.54) is 42.7 Å². The minimum Gasteiger partial charge on any atom is -0.489 e. The van der Waals surface area contributed by atoms with Crippen LogP contribution in [0.3, 0.4) is 0 Å². The average molecular weight is 844 g/mol. The van der Waals surface area contributed by atoms with Crippen LogP contribution in [-0.4, -0.2) is 67.1 Å². The van der Waals surface area contributed by atoms with E-state index in [0.717, 1.165) is 41.7 Å². The van der Waals surface area contributed by atoms with Crippen molar-refractivity contribution in [3.63, 3.8) is 0 Å². The lowest BCUT2D eigenvalue weighted by Gasteiger charge is -2.23. The van der Waals surface area contributed by atoms with E-state index < -0.39 is 65.5 Å². The van der Waals surface area contributed by atoms with Crippen LogP contribution >= 0.6 is 23.2 Å². The molecule has 1 saturated carbocycles. The maximum atomic E-state index is 13.6. The molecule has 0 unspecified atom stereocenters. The number of sulfonamides is 1. The molecule has 1 fully saturated rings. The maximum Gasteiger partial charge on any atom is 0.433 e. The van der Waals surface area contributed by atoms with Crippen LogP contribution in [0.5, 0.6) is 11.5 Å². The predicted molar refractivity (Wildman–Crippen MR) is 190 cm³/mol. The Balaban J connectivity index is 1.24. The number of benzene rings is 2. The monoisotopic (exact) mass is 842 g/mol. The molecule has 1 atom stereocenters. The highest BCUT2D eigenvalue weighted by molar-refractivity contribution is 7.92. The highest BCUT2D eigenvalue weighted by Gasteiger charge is 2.39. The van der Waals surface area contributed by atoms with Crippen LogP contribution in [-0.2, 0) is 38.7 Å². The first-order chi connectivity index (χ1) is 26.4. The van der Waals surface area contributed by atoms with E-state index in [0.29, 0.717) is 16.5 Å². The molecule has 0 N–H and O–H groups in total. The van der Waals surface area contributed by atoms with E-state index in [9.17, 15) is 44.8 Å². The van der Waals surface area contributed by atoms with Gasteiger partial charge in [0.15, 0.2) is 11.5 Å². The molecule has 6 rings (SSSR count). The summed E-state index contributed by atoms with van der Waals surface area (Å²) >= 11 is 12.7. The van der Waals surface area contributed by atoms with Crippen molar-refractivity contribution < 1.29 is 59.0 Å². The lowest BCUT2D eigenvalue weighted by atomic mass is 10.0. The molecule has 0 bridgehead atoms. The number of nitrogens with zero attached hydrogens (tertiary/aromatic N) is 4. The molecule has 4 aromatic rings. The van der Waals surface area contributed by atoms with Gasteiger partial charge in [0.2, 0.25) is 10.0 Å². The zero-order valence-electron chi connectivity index (χ0n) is 28.9. The quantitative estimate of drug-likeness (QED) is 0.0680. The fourth-order valence-electron chi connectivity index (χ4n) is 5.72. The standard InChI is InChI=1S/C36H29Cl2F5N4O8S/c1-56(51,52)47(16-20-4-9-31(45-13-20)36(41,42)43)22-6-7-23-24(11-22)34(50)46(33(23)49)17-32(48)54-29(12-25-26(37)14-44-15-27(25)38)21-5-8-28(55-35(39)40)30(10-21)53-18-19-2-3-19/h4-11,13-15,19,29,35H,2-3,12,16-18H2,1H3/t29-/m0/s1. The fourth-order valence-corrected chi connectivity index (χ4v) is 7.12. The number of esters is 1. The molecule has 296 valence electrons. The third-order valence-electron chi connectivity index (χ3n) is 8.71. The second kappa shape index (κ2) is 16.2. The van der Waals surface area contributed by atoms with Gasteiger partial charge < -0.3 is 14.2 Å². The molecule has 1 aliphatic carbocycles. The Labute approximate surface area is 326 Å². The summed E-state index contributed by atoms with van der Waals surface area (Å²) in [4.78, 5) is 48.4. The molecule has 3 heterocycles. The van der Waals surface area contributed by atoms with E-state index in [2.05, 4.69) is 14.7 Å². The van der Waals surface area contributed by atoms with E-state index in [-0.39, 0.29) is 68.4 Å². The molecular formula is C36H29Cl2F5N4O8S. The predicted octanol–water partition coefficient (Wildman–Crippen LogP) is 7.28. The summed E-state index contributed by atoms with van der Waals surface area (Å²) in [6.45, 7) is -4.30. The molecule has 0 radical (unpaired) electrons. The van der Waals surface area contributed by atoms with Crippen molar-refractivity contribution in [1.29, 1.82) is 0 Å². The molecule has 12 nitrogen and oxygen atoms in total.